The molecule has 1 atom stereocenters. The molecule has 3 heteroatoms. The molecule has 2 aromatic carbocycles. The van der Waals surface area contributed by atoms with E-state index in [2.05, 4.69) is 33.4 Å². The summed E-state index contributed by atoms with van der Waals surface area (Å²) in [6.45, 7) is 1.32. The Morgan fingerprint density at radius 3 is 2.33 bits per heavy atom. The van der Waals surface area contributed by atoms with Crippen molar-refractivity contribution in [3.8, 4) is 0 Å². The molecule has 0 saturated heterocycles. The van der Waals surface area contributed by atoms with Crippen LogP contribution in [0.2, 0.25) is 0 Å². The summed E-state index contributed by atoms with van der Waals surface area (Å²) >= 11 is 3.41. The van der Waals surface area contributed by atoms with Crippen molar-refractivity contribution in [2.24, 2.45) is 0 Å². The molecule has 18 heavy (non-hydrogen) atoms. The van der Waals surface area contributed by atoms with E-state index in [0.29, 0.717) is 6.54 Å². The topological polar surface area (TPSA) is 32.3 Å². The highest BCUT2D eigenvalue weighted by molar-refractivity contribution is 9.10. The molecule has 0 bridgehead atoms. The third-order valence-electron chi connectivity index (χ3n) is 2.76. The molecule has 0 aliphatic heterocycles. The van der Waals surface area contributed by atoms with E-state index in [-0.39, 0.29) is 0 Å². The molecule has 0 aromatic heterocycles. The predicted molar refractivity (Wildman–Crippen MR) is 77.3 cm³/mol. The van der Waals surface area contributed by atoms with Gasteiger partial charge in [0.2, 0.25) is 0 Å². The van der Waals surface area contributed by atoms with Gasteiger partial charge in [0.05, 0.1) is 6.10 Å². The molecule has 0 aliphatic rings. The highest BCUT2D eigenvalue weighted by Crippen LogP contribution is 2.12. The highest BCUT2D eigenvalue weighted by atomic mass is 79.9. The first kappa shape index (κ1) is 13.3. The van der Waals surface area contributed by atoms with E-state index in [1.165, 1.54) is 5.56 Å². The lowest BCUT2D eigenvalue weighted by atomic mass is 10.1. The second kappa shape index (κ2) is 6.69. The van der Waals surface area contributed by atoms with E-state index in [1.54, 1.807) is 0 Å². The van der Waals surface area contributed by atoms with Gasteiger partial charge in [-0.1, -0.05) is 58.4 Å². The lowest BCUT2D eigenvalue weighted by Crippen LogP contribution is -2.20. The summed E-state index contributed by atoms with van der Waals surface area (Å²) in [5.74, 6) is 0. The molecule has 0 saturated carbocycles. The van der Waals surface area contributed by atoms with Crippen LogP contribution in [0.4, 0.5) is 0 Å². The van der Waals surface area contributed by atoms with Crippen molar-refractivity contribution in [2.75, 3.05) is 6.54 Å². The smallest absolute Gasteiger partial charge is 0.0914 e. The van der Waals surface area contributed by atoms with Crippen molar-refractivity contribution in [1.82, 2.24) is 5.32 Å². The van der Waals surface area contributed by atoms with Gasteiger partial charge in [0.15, 0.2) is 0 Å². The normalized spacial score (nSPS) is 12.3. The van der Waals surface area contributed by atoms with E-state index in [4.69, 9.17) is 0 Å². The minimum Gasteiger partial charge on any atom is -0.387 e. The van der Waals surface area contributed by atoms with Gasteiger partial charge in [0.25, 0.3) is 0 Å². The number of aliphatic hydroxyl groups is 1. The Balaban J connectivity index is 1.80. The lowest BCUT2D eigenvalue weighted by Gasteiger charge is -2.12. The average molecular weight is 306 g/mol. The number of benzene rings is 2. The Kier molecular flexibility index (Phi) is 4.93. The Labute approximate surface area is 116 Å². The van der Waals surface area contributed by atoms with Crippen LogP contribution in [-0.4, -0.2) is 11.7 Å². The minimum absolute atomic E-state index is 0.457. The van der Waals surface area contributed by atoms with E-state index in [9.17, 15) is 5.11 Å². The summed E-state index contributed by atoms with van der Waals surface area (Å²) in [5, 5.41) is 13.2. The predicted octanol–water partition coefficient (Wildman–Crippen LogP) is 3.27. The fraction of sp³-hybridized carbons (Fsp3) is 0.200. The van der Waals surface area contributed by atoms with Gasteiger partial charge in [-0.15, -0.1) is 0 Å². The Morgan fingerprint density at radius 1 is 1.00 bits per heavy atom. The molecule has 0 amide bonds. The molecular formula is C15H16BrNO. The van der Waals surface area contributed by atoms with Crippen LogP contribution in [0.5, 0.6) is 0 Å². The SMILES string of the molecule is O[C@@H](CNCc1ccc(Br)cc1)c1ccccc1. The zero-order chi connectivity index (χ0) is 12.8. The summed E-state index contributed by atoms with van der Waals surface area (Å²) < 4.78 is 1.08. The summed E-state index contributed by atoms with van der Waals surface area (Å²) in [6.07, 6.45) is -0.457. The molecule has 94 valence electrons. The number of hydrogen-bond donors (Lipinski definition) is 2. The first-order chi connectivity index (χ1) is 8.75. The summed E-state index contributed by atoms with van der Waals surface area (Å²) in [5.41, 5.74) is 2.15. The van der Waals surface area contributed by atoms with Gasteiger partial charge < -0.3 is 10.4 Å². The summed E-state index contributed by atoms with van der Waals surface area (Å²) in [4.78, 5) is 0. The highest BCUT2D eigenvalue weighted by Gasteiger charge is 2.05. The second-order valence-corrected chi connectivity index (χ2v) is 5.10. The van der Waals surface area contributed by atoms with Crippen LogP contribution < -0.4 is 5.32 Å². The molecule has 0 spiro atoms. The zero-order valence-corrected chi connectivity index (χ0v) is 11.6. The van der Waals surface area contributed by atoms with E-state index in [1.807, 2.05) is 42.5 Å². The fourth-order valence-electron chi connectivity index (χ4n) is 1.75. The van der Waals surface area contributed by atoms with Crippen molar-refractivity contribution >= 4 is 15.9 Å². The molecule has 2 rings (SSSR count). The van der Waals surface area contributed by atoms with Crippen LogP contribution in [0.1, 0.15) is 17.2 Å². The largest absolute Gasteiger partial charge is 0.387 e. The molecule has 0 heterocycles. The fourth-order valence-corrected chi connectivity index (χ4v) is 2.01. The van der Waals surface area contributed by atoms with Crippen LogP contribution in [0.15, 0.2) is 59.1 Å². The summed E-state index contributed by atoms with van der Waals surface area (Å²) in [6, 6.07) is 17.9. The molecule has 2 N–H and O–H groups in total. The van der Waals surface area contributed by atoms with Gasteiger partial charge in [0.1, 0.15) is 0 Å². The van der Waals surface area contributed by atoms with Crippen LogP contribution in [0.25, 0.3) is 0 Å². The maximum atomic E-state index is 9.97. The van der Waals surface area contributed by atoms with Crippen molar-refractivity contribution in [3.63, 3.8) is 0 Å². The van der Waals surface area contributed by atoms with Crippen LogP contribution >= 0.6 is 15.9 Å². The number of nitrogens with one attached hydrogen (secondary N) is 1. The minimum atomic E-state index is -0.457. The summed E-state index contributed by atoms with van der Waals surface area (Å²) in [7, 11) is 0. The standard InChI is InChI=1S/C15H16BrNO/c16-14-8-6-12(7-9-14)10-17-11-15(18)13-4-2-1-3-5-13/h1-9,15,17-18H,10-11H2/t15-/m0/s1. The molecule has 0 aliphatic carbocycles. The number of rotatable bonds is 5. The Hall–Kier alpha value is -1.16. The first-order valence-corrected chi connectivity index (χ1v) is 6.73. The van der Waals surface area contributed by atoms with Gasteiger partial charge >= 0.3 is 0 Å². The van der Waals surface area contributed by atoms with Gasteiger partial charge in [-0.25, -0.2) is 0 Å². The Morgan fingerprint density at radius 2 is 1.67 bits per heavy atom. The van der Waals surface area contributed by atoms with Crippen molar-refractivity contribution in [1.29, 1.82) is 0 Å². The van der Waals surface area contributed by atoms with Crippen molar-refractivity contribution < 1.29 is 5.11 Å². The van der Waals surface area contributed by atoms with Gasteiger partial charge in [-0.05, 0) is 23.3 Å². The lowest BCUT2D eigenvalue weighted by molar-refractivity contribution is 0.174. The van der Waals surface area contributed by atoms with E-state index in [0.717, 1.165) is 16.6 Å². The molecule has 2 nitrogen and oxygen atoms in total. The molecular weight excluding hydrogens is 290 g/mol. The van der Waals surface area contributed by atoms with Crippen LogP contribution in [0.3, 0.4) is 0 Å². The van der Waals surface area contributed by atoms with Crippen LogP contribution in [0, 0.1) is 0 Å². The van der Waals surface area contributed by atoms with Gasteiger partial charge in [-0.3, -0.25) is 0 Å². The number of halogens is 1. The third kappa shape index (κ3) is 3.95. The molecule has 0 unspecified atom stereocenters. The second-order valence-electron chi connectivity index (χ2n) is 4.18. The molecule has 2 aromatic rings. The van der Waals surface area contributed by atoms with E-state index < -0.39 is 6.10 Å². The zero-order valence-electron chi connectivity index (χ0n) is 10.0. The van der Waals surface area contributed by atoms with Crippen molar-refractivity contribution in [3.05, 3.63) is 70.2 Å². The third-order valence-corrected chi connectivity index (χ3v) is 3.29. The van der Waals surface area contributed by atoms with E-state index >= 15 is 0 Å². The maximum Gasteiger partial charge on any atom is 0.0914 e. The van der Waals surface area contributed by atoms with Crippen molar-refractivity contribution in [2.45, 2.75) is 12.6 Å². The number of hydrogen-bond acceptors (Lipinski definition) is 2. The van der Waals surface area contributed by atoms with Gasteiger partial charge in [-0.2, -0.15) is 0 Å². The molecule has 0 fully saturated rings. The maximum absolute atomic E-state index is 9.97. The Bertz CT molecular complexity index is 470. The quantitative estimate of drug-likeness (QED) is 0.888. The van der Waals surface area contributed by atoms with Crippen LogP contribution in [-0.2, 0) is 6.54 Å². The monoisotopic (exact) mass is 305 g/mol. The first-order valence-electron chi connectivity index (χ1n) is 5.94. The van der Waals surface area contributed by atoms with Gasteiger partial charge in [0, 0.05) is 17.6 Å². The number of aliphatic hydroxyl groups excluding tert-OH is 1. The average Bonchev–Trinajstić information content (AvgIpc) is 2.42. The molecule has 0 radical (unpaired) electrons.